The molecule has 0 aliphatic heterocycles. The van der Waals surface area contributed by atoms with Crippen molar-refractivity contribution in [2.24, 2.45) is 0 Å². The van der Waals surface area contributed by atoms with Gasteiger partial charge in [-0.3, -0.25) is 0 Å². The summed E-state index contributed by atoms with van der Waals surface area (Å²) < 4.78 is 0. The Hall–Kier alpha value is -3.12. The maximum atomic E-state index is 10.3. The number of carboxylic acid groups (broad SMARTS) is 1. The fourth-order valence-electron chi connectivity index (χ4n) is 2.16. The van der Waals surface area contributed by atoms with Crippen LogP contribution < -0.4 is 0 Å². The second-order valence-corrected chi connectivity index (χ2v) is 6.62. The monoisotopic (exact) mass is 384 g/mol. The van der Waals surface area contributed by atoms with Crippen LogP contribution in [0.15, 0.2) is 72.8 Å². The number of phenols is 3. The van der Waals surface area contributed by atoms with Crippen LogP contribution in [0.2, 0.25) is 0 Å². The van der Waals surface area contributed by atoms with Gasteiger partial charge in [-0.1, -0.05) is 60.7 Å². The largest absolute Gasteiger partial charge is 0.504 e. The lowest BCUT2D eigenvalue weighted by atomic mass is 10.2. The maximum Gasteiger partial charge on any atom is 0.335 e. The molecule has 0 aromatic heterocycles. The Bertz CT molecular complexity index is 804. The van der Waals surface area contributed by atoms with Crippen LogP contribution in [0.25, 0.3) is 0 Å². The third-order valence-corrected chi connectivity index (χ3v) is 4.61. The van der Waals surface area contributed by atoms with Crippen molar-refractivity contribution in [1.29, 1.82) is 0 Å². The Morgan fingerprint density at radius 1 is 0.741 bits per heavy atom. The second kappa shape index (κ2) is 10.1. The van der Waals surface area contributed by atoms with E-state index < -0.39 is 23.2 Å². The minimum absolute atomic E-state index is 0.289. The molecular weight excluding hydrogens is 364 g/mol. The average molecular weight is 384 g/mol. The van der Waals surface area contributed by atoms with Crippen LogP contribution >= 0.6 is 11.8 Å². The summed E-state index contributed by atoms with van der Waals surface area (Å²) in [5.74, 6) is -1.15. The summed E-state index contributed by atoms with van der Waals surface area (Å²) >= 11 is 1.96. The van der Waals surface area contributed by atoms with Crippen LogP contribution in [0.5, 0.6) is 17.2 Å². The quantitative estimate of drug-likeness (QED) is 0.479. The highest BCUT2D eigenvalue weighted by molar-refractivity contribution is 7.97. The molecule has 3 aromatic rings. The van der Waals surface area contributed by atoms with Gasteiger partial charge < -0.3 is 20.4 Å². The van der Waals surface area contributed by atoms with E-state index in [4.69, 9.17) is 20.4 Å². The van der Waals surface area contributed by atoms with E-state index in [1.54, 1.807) is 0 Å². The van der Waals surface area contributed by atoms with Crippen LogP contribution in [0, 0.1) is 0 Å². The molecule has 6 heteroatoms. The lowest BCUT2D eigenvalue weighted by molar-refractivity contribution is 0.0696. The highest BCUT2D eigenvalue weighted by Crippen LogP contribution is 2.35. The molecule has 0 aliphatic carbocycles. The Kier molecular flexibility index (Phi) is 7.58. The first-order valence-corrected chi connectivity index (χ1v) is 9.26. The summed E-state index contributed by atoms with van der Waals surface area (Å²) in [5, 5.41) is 35.0. The topological polar surface area (TPSA) is 98.0 Å². The molecule has 27 heavy (non-hydrogen) atoms. The van der Waals surface area contributed by atoms with Gasteiger partial charge in [0, 0.05) is 11.5 Å². The van der Waals surface area contributed by atoms with Crippen LogP contribution in [-0.4, -0.2) is 26.4 Å². The molecule has 140 valence electrons. The molecule has 0 saturated heterocycles. The van der Waals surface area contributed by atoms with Gasteiger partial charge >= 0.3 is 5.97 Å². The van der Waals surface area contributed by atoms with Crippen LogP contribution in [0.4, 0.5) is 0 Å². The molecule has 4 N–H and O–H groups in total. The minimum Gasteiger partial charge on any atom is -0.504 e. The average Bonchev–Trinajstić information content (AvgIpc) is 2.68. The molecular formula is C21H20O5S. The summed E-state index contributed by atoms with van der Waals surface area (Å²) in [5.41, 5.74) is 2.51. The highest BCUT2D eigenvalue weighted by atomic mass is 32.2. The van der Waals surface area contributed by atoms with E-state index in [1.807, 2.05) is 11.8 Å². The molecule has 0 spiro atoms. The maximum absolute atomic E-state index is 10.3. The summed E-state index contributed by atoms with van der Waals surface area (Å²) in [7, 11) is 0. The number of hydrogen-bond acceptors (Lipinski definition) is 5. The molecule has 0 fully saturated rings. The molecule has 0 unspecified atom stereocenters. The Morgan fingerprint density at radius 2 is 1.15 bits per heavy atom. The number of rotatable bonds is 5. The fourth-order valence-corrected chi connectivity index (χ4v) is 3.12. The van der Waals surface area contributed by atoms with Crippen molar-refractivity contribution in [1.82, 2.24) is 0 Å². The number of carbonyl (C=O) groups is 1. The van der Waals surface area contributed by atoms with Crippen molar-refractivity contribution in [2.75, 3.05) is 0 Å². The molecule has 3 aromatic carbocycles. The van der Waals surface area contributed by atoms with Gasteiger partial charge in [0.05, 0.1) is 5.56 Å². The molecule has 5 nitrogen and oxygen atoms in total. The molecule has 0 bridgehead atoms. The molecule has 0 radical (unpaired) electrons. The van der Waals surface area contributed by atoms with E-state index in [0.29, 0.717) is 0 Å². The third kappa shape index (κ3) is 6.60. The van der Waals surface area contributed by atoms with E-state index in [-0.39, 0.29) is 5.56 Å². The number of benzene rings is 3. The number of phenolic OH excluding ortho intramolecular Hbond substituents is 3. The minimum atomic E-state index is -1.29. The first kappa shape index (κ1) is 20.2. The number of carboxylic acids is 1. The van der Waals surface area contributed by atoms with E-state index >= 15 is 0 Å². The molecule has 0 atom stereocenters. The number of thioether (sulfide) groups is 1. The standard InChI is InChI=1S/C14H14S.C7H6O5/c1-3-7-13(8-4-1)11-15-12-14-9-5-2-6-10-14;8-4-1-3(7(11)12)2-5(9)6(4)10/h1-10H,11-12H2;1-2,8-10H,(H,11,12). The van der Waals surface area contributed by atoms with Crippen molar-refractivity contribution in [3.63, 3.8) is 0 Å². The van der Waals surface area contributed by atoms with Crippen molar-refractivity contribution in [2.45, 2.75) is 11.5 Å². The number of hydrogen-bond donors (Lipinski definition) is 4. The first-order chi connectivity index (χ1) is 13.0. The van der Waals surface area contributed by atoms with Gasteiger partial charge in [0.15, 0.2) is 17.2 Å². The van der Waals surface area contributed by atoms with Crippen molar-refractivity contribution in [3.8, 4) is 17.2 Å². The summed E-state index contributed by atoms with van der Waals surface area (Å²) in [6.07, 6.45) is 0. The van der Waals surface area contributed by atoms with Crippen molar-refractivity contribution in [3.05, 3.63) is 89.5 Å². The number of aromatic hydroxyl groups is 3. The summed E-state index contributed by atoms with van der Waals surface area (Å²) in [6.45, 7) is 0. The Labute approximate surface area is 161 Å². The van der Waals surface area contributed by atoms with Crippen LogP contribution in [0.3, 0.4) is 0 Å². The number of aromatic carboxylic acids is 1. The Morgan fingerprint density at radius 3 is 1.52 bits per heavy atom. The van der Waals surface area contributed by atoms with E-state index in [0.717, 1.165) is 23.6 Å². The third-order valence-electron chi connectivity index (χ3n) is 3.54. The van der Waals surface area contributed by atoms with Crippen LogP contribution in [-0.2, 0) is 11.5 Å². The zero-order valence-corrected chi connectivity index (χ0v) is 15.3. The molecule has 0 saturated carbocycles. The van der Waals surface area contributed by atoms with E-state index in [2.05, 4.69) is 60.7 Å². The zero-order chi connectivity index (χ0) is 19.6. The van der Waals surface area contributed by atoms with Gasteiger partial charge in [0.25, 0.3) is 0 Å². The van der Waals surface area contributed by atoms with Crippen LogP contribution in [0.1, 0.15) is 21.5 Å². The van der Waals surface area contributed by atoms with E-state index in [9.17, 15) is 4.79 Å². The van der Waals surface area contributed by atoms with Crippen molar-refractivity contribution < 1.29 is 25.2 Å². The van der Waals surface area contributed by atoms with Gasteiger partial charge in [0.2, 0.25) is 0 Å². The van der Waals surface area contributed by atoms with Gasteiger partial charge in [-0.05, 0) is 23.3 Å². The smallest absolute Gasteiger partial charge is 0.335 e. The van der Waals surface area contributed by atoms with Crippen molar-refractivity contribution >= 4 is 17.7 Å². The molecule has 0 aliphatic rings. The van der Waals surface area contributed by atoms with Gasteiger partial charge in [-0.25, -0.2) is 4.79 Å². The van der Waals surface area contributed by atoms with E-state index in [1.165, 1.54) is 11.1 Å². The second-order valence-electron chi connectivity index (χ2n) is 5.63. The SMILES string of the molecule is O=C(O)c1cc(O)c(O)c(O)c1.c1ccc(CSCc2ccccc2)cc1. The lowest BCUT2D eigenvalue weighted by Crippen LogP contribution is -1.95. The Balaban J connectivity index is 0.000000199. The molecule has 3 rings (SSSR count). The first-order valence-electron chi connectivity index (χ1n) is 8.11. The lowest BCUT2D eigenvalue weighted by Gasteiger charge is -2.01. The zero-order valence-electron chi connectivity index (χ0n) is 14.4. The van der Waals surface area contributed by atoms with Gasteiger partial charge in [-0.2, -0.15) is 11.8 Å². The summed E-state index contributed by atoms with van der Waals surface area (Å²) in [6, 6.07) is 22.9. The normalized spacial score (nSPS) is 9.93. The summed E-state index contributed by atoms with van der Waals surface area (Å²) in [4.78, 5) is 10.3. The molecule has 0 amide bonds. The van der Waals surface area contributed by atoms with Gasteiger partial charge in [-0.15, -0.1) is 0 Å². The predicted molar refractivity (Wildman–Crippen MR) is 106 cm³/mol. The van der Waals surface area contributed by atoms with Gasteiger partial charge in [0.1, 0.15) is 0 Å². The highest BCUT2D eigenvalue weighted by Gasteiger charge is 2.11. The fraction of sp³-hybridized carbons (Fsp3) is 0.0952. The molecule has 0 heterocycles. The predicted octanol–water partition coefficient (Wildman–Crippen LogP) is 4.62.